The Morgan fingerprint density at radius 3 is 2.70 bits per heavy atom. The van der Waals surface area contributed by atoms with Crippen LogP contribution in [0.25, 0.3) is 16.3 Å². The predicted octanol–water partition coefficient (Wildman–Crippen LogP) is 5.70. The van der Waals surface area contributed by atoms with E-state index >= 15 is 0 Å². The molecule has 5 rings (SSSR count). The molecule has 0 fully saturated rings. The molecule has 0 aliphatic carbocycles. The molecule has 33 heavy (non-hydrogen) atoms. The van der Waals surface area contributed by atoms with E-state index in [1.54, 1.807) is 23.5 Å². The van der Waals surface area contributed by atoms with Gasteiger partial charge in [0.1, 0.15) is 11.4 Å². The highest BCUT2D eigenvalue weighted by Gasteiger charge is 2.35. The molecular weight excluding hydrogens is 432 g/mol. The minimum atomic E-state index is -0.229. The Morgan fingerprint density at radius 1 is 1.12 bits per heavy atom. The first-order valence-electron chi connectivity index (χ1n) is 10.9. The van der Waals surface area contributed by atoms with Gasteiger partial charge in [-0.25, -0.2) is 9.69 Å². The minimum absolute atomic E-state index is 0.0116. The van der Waals surface area contributed by atoms with Crippen molar-refractivity contribution in [1.82, 2.24) is 14.8 Å². The van der Waals surface area contributed by atoms with Crippen molar-refractivity contribution in [3.63, 3.8) is 0 Å². The van der Waals surface area contributed by atoms with E-state index in [-0.39, 0.29) is 11.9 Å². The lowest BCUT2D eigenvalue weighted by atomic mass is 9.98. The average Bonchev–Trinajstić information content (AvgIpc) is 3.63. The molecule has 1 atom stereocenters. The SMILES string of the molecule is CCC(=O)N1N=C(c2cccc(OC)c2)C[C@H]1c1cn(-c2ccccc2)nc1-c1cccs1. The van der Waals surface area contributed by atoms with E-state index in [9.17, 15) is 4.79 Å². The van der Waals surface area contributed by atoms with Crippen molar-refractivity contribution in [2.24, 2.45) is 5.10 Å². The Kier molecular flexibility index (Phi) is 5.79. The van der Waals surface area contributed by atoms with Crippen molar-refractivity contribution in [3.05, 3.63) is 89.4 Å². The topological polar surface area (TPSA) is 59.7 Å². The Labute approximate surface area is 196 Å². The number of hydrogen-bond donors (Lipinski definition) is 0. The highest BCUT2D eigenvalue weighted by Crippen LogP contribution is 2.39. The first-order chi connectivity index (χ1) is 16.2. The van der Waals surface area contributed by atoms with Gasteiger partial charge >= 0.3 is 0 Å². The number of thiophene rings is 1. The van der Waals surface area contributed by atoms with Gasteiger partial charge in [-0.1, -0.05) is 43.3 Å². The molecule has 4 aromatic rings. The van der Waals surface area contributed by atoms with Crippen molar-refractivity contribution in [2.45, 2.75) is 25.8 Å². The van der Waals surface area contributed by atoms with E-state index in [2.05, 4.69) is 6.07 Å². The summed E-state index contributed by atoms with van der Waals surface area (Å²) in [5.41, 5.74) is 4.67. The van der Waals surface area contributed by atoms with Gasteiger partial charge in [-0.2, -0.15) is 10.2 Å². The Balaban J connectivity index is 1.60. The normalized spacial score (nSPS) is 15.5. The van der Waals surface area contributed by atoms with Crippen LogP contribution in [0, 0.1) is 0 Å². The van der Waals surface area contributed by atoms with E-state index in [0.717, 1.165) is 38.8 Å². The number of hydrogen-bond acceptors (Lipinski definition) is 5. The first-order valence-corrected chi connectivity index (χ1v) is 11.8. The maximum Gasteiger partial charge on any atom is 0.242 e. The van der Waals surface area contributed by atoms with Crippen LogP contribution >= 0.6 is 11.3 Å². The largest absolute Gasteiger partial charge is 0.497 e. The maximum atomic E-state index is 12.9. The summed E-state index contributed by atoms with van der Waals surface area (Å²) in [4.78, 5) is 14.0. The highest BCUT2D eigenvalue weighted by atomic mass is 32.1. The lowest BCUT2D eigenvalue weighted by Crippen LogP contribution is -2.26. The summed E-state index contributed by atoms with van der Waals surface area (Å²) < 4.78 is 7.29. The van der Waals surface area contributed by atoms with Crippen LogP contribution < -0.4 is 4.74 Å². The minimum Gasteiger partial charge on any atom is -0.497 e. The molecule has 0 spiro atoms. The van der Waals surface area contributed by atoms with Gasteiger partial charge in [-0.05, 0) is 35.7 Å². The number of nitrogens with zero attached hydrogens (tertiary/aromatic N) is 4. The lowest BCUT2D eigenvalue weighted by molar-refractivity contribution is -0.132. The number of rotatable bonds is 6. The smallest absolute Gasteiger partial charge is 0.242 e. The molecule has 3 heterocycles. The van der Waals surface area contributed by atoms with Gasteiger partial charge in [0.2, 0.25) is 5.91 Å². The molecule has 2 aromatic carbocycles. The number of carbonyl (C=O) groups excluding carboxylic acids is 1. The van der Waals surface area contributed by atoms with Gasteiger partial charge in [0, 0.05) is 30.2 Å². The molecule has 0 saturated heterocycles. The lowest BCUT2D eigenvalue weighted by Gasteiger charge is -2.21. The summed E-state index contributed by atoms with van der Waals surface area (Å²) >= 11 is 1.64. The van der Waals surface area contributed by atoms with Crippen LogP contribution in [0.15, 0.2) is 83.4 Å². The summed E-state index contributed by atoms with van der Waals surface area (Å²) in [5, 5.41) is 13.4. The van der Waals surface area contributed by atoms with Gasteiger partial charge < -0.3 is 4.74 Å². The van der Waals surface area contributed by atoms with Gasteiger partial charge in [0.05, 0.1) is 29.4 Å². The zero-order valence-electron chi connectivity index (χ0n) is 18.5. The zero-order chi connectivity index (χ0) is 22.8. The number of methoxy groups -OCH3 is 1. The quantitative estimate of drug-likeness (QED) is 0.374. The Morgan fingerprint density at radius 2 is 1.97 bits per heavy atom. The third kappa shape index (κ3) is 4.07. The summed E-state index contributed by atoms with van der Waals surface area (Å²) in [6, 6.07) is 21.7. The Bertz CT molecular complexity index is 1300. The summed E-state index contributed by atoms with van der Waals surface area (Å²) in [6.45, 7) is 1.87. The van der Waals surface area contributed by atoms with Crippen LogP contribution in [0.3, 0.4) is 0 Å². The number of ether oxygens (including phenoxy) is 1. The number of aromatic nitrogens is 2. The van der Waals surface area contributed by atoms with Crippen molar-refractivity contribution < 1.29 is 9.53 Å². The van der Waals surface area contributed by atoms with Crippen LogP contribution in [0.1, 0.15) is 36.9 Å². The second kappa shape index (κ2) is 9.03. The third-order valence-electron chi connectivity index (χ3n) is 5.75. The van der Waals surface area contributed by atoms with E-state index in [0.29, 0.717) is 12.8 Å². The second-order valence-corrected chi connectivity index (χ2v) is 8.73. The van der Waals surface area contributed by atoms with Gasteiger partial charge in [0.15, 0.2) is 0 Å². The molecule has 0 unspecified atom stereocenters. The first kappa shape index (κ1) is 21.2. The molecule has 1 aliphatic rings. The highest BCUT2D eigenvalue weighted by molar-refractivity contribution is 7.13. The van der Waals surface area contributed by atoms with Gasteiger partial charge in [-0.15, -0.1) is 11.3 Å². The third-order valence-corrected chi connectivity index (χ3v) is 6.62. The molecule has 166 valence electrons. The fraction of sp³-hybridized carbons (Fsp3) is 0.192. The van der Waals surface area contributed by atoms with Crippen LogP contribution in [0.5, 0.6) is 5.75 Å². The summed E-state index contributed by atoms with van der Waals surface area (Å²) in [5.74, 6) is 0.755. The molecule has 0 radical (unpaired) electrons. The molecule has 1 amide bonds. The monoisotopic (exact) mass is 456 g/mol. The molecular formula is C26H24N4O2S. The number of para-hydroxylation sites is 1. The Hall–Kier alpha value is -3.71. The van der Waals surface area contributed by atoms with Gasteiger partial charge in [-0.3, -0.25) is 4.79 Å². The van der Waals surface area contributed by atoms with Crippen molar-refractivity contribution >= 4 is 23.0 Å². The van der Waals surface area contributed by atoms with E-state index in [4.69, 9.17) is 14.9 Å². The average molecular weight is 457 g/mol. The van der Waals surface area contributed by atoms with Crippen LogP contribution in [0.4, 0.5) is 0 Å². The molecule has 0 bridgehead atoms. The maximum absolute atomic E-state index is 12.9. The van der Waals surface area contributed by atoms with Crippen LogP contribution in [-0.2, 0) is 4.79 Å². The molecule has 2 aromatic heterocycles. The number of amides is 1. The van der Waals surface area contributed by atoms with E-state index in [1.165, 1.54) is 0 Å². The van der Waals surface area contributed by atoms with E-state index in [1.807, 2.05) is 83.8 Å². The fourth-order valence-corrected chi connectivity index (χ4v) is 4.80. The molecule has 7 heteroatoms. The summed E-state index contributed by atoms with van der Waals surface area (Å²) in [7, 11) is 1.65. The predicted molar refractivity (Wildman–Crippen MR) is 131 cm³/mol. The van der Waals surface area contributed by atoms with Crippen molar-refractivity contribution in [3.8, 4) is 22.0 Å². The molecule has 0 N–H and O–H groups in total. The second-order valence-electron chi connectivity index (χ2n) is 7.78. The standard InChI is InChI=1S/C26H24N4O2S/c1-3-25(31)30-23(16-22(27-30)18-9-7-12-20(15-18)32-2)21-17-29(19-10-5-4-6-11-19)28-26(21)24-13-8-14-33-24/h4-15,17,23H,3,16H2,1-2H3/t23-/m0/s1. The number of benzene rings is 2. The van der Waals surface area contributed by atoms with Gasteiger partial charge in [0.25, 0.3) is 0 Å². The molecule has 6 nitrogen and oxygen atoms in total. The van der Waals surface area contributed by atoms with Crippen molar-refractivity contribution in [1.29, 1.82) is 0 Å². The molecule has 1 aliphatic heterocycles. The number of hydrazone groups is 1. The molecule has 0 saturated carbocycles. The summed E-state index contributed by atoms with van der Waals surface area (Å²) in [6.07, 6.45) is 3.03. The zero-order valence-corrected chi connectivity index (χ0v) is 19.3. The number of carbonyl (C=O) groups is 1. The van der Waals surface area contributed by atoms with E-state index < -0.39 is 0 Å². The van der Waals surface area contributed by atoms with Crippen molar-refractivity contribution in [2.75, 3.05) is 7.11 Å². The fourth-order valence-electron chi connectivity index (χ4n) is 4.07. The van der Waals surface area contributed by atoms with Crippen LogP contribution in [0.2, 0.25) is 0 Å². The van der Waals surface area contributed by atoms with Crippen LogP contribution in [-0.4, -0.2) is 33.5 Å².